The molecule has 1 aliphatic carbocycles. The fraction of sp³-hybridized carbons (Fsp3) is 0.500. The molecule has 1 aromatic carbocycles. The molecule has 0 radical (unpaired) electrons. The number of fused-ring (bicyclic) bond motifs is 1. The highest BCUT2D eigenvalue weighted by atomic mass is 16.2. The van der Waals surface area contributed by atoms with Crippen LogP contribution in [0.15, 0.2) is 30.3 Å². The highest BCUT2D eigenvalue weighted by Crippen LogP contribution is 2.39. The van der Waals surface area contributed by atoms with E-state index in [4.69, 9.17) is 0 Å². The van der Waals surface area contributed by atoms with Crippen molar-refractivity contribution in [1.82, 2.24) is 4.90 Å². The Hall–Kier alpha value is -1.31. The number of likely N-dealkylation sites (tertiary alicyclic amines) is 1. The van der Waals surface area contributed by atoms with Crippen LogP contribution in [0.3, 0.4) is 0 Å². The standard InChI is InChI=1S/C14H17NO/c16-14-12-8-4-5-9-13(12)15(14)10-11-6-2-1-3-7-11/h1-3,6-7,12-13H,4-5,8-10H2/t12-,13-/m0/s1. The van der Waals surface area contributed by atoms with Gasteiger partial charge in [-0.3, -0.25) is 4.79 Å². The number of carbonyl (C=O) groups is 1. The molecule has 2 atom stereocenters. The summed E-state index contributed by atoms with van der Waals surface area (Å²) in [5.74, 6) is 0.742. The van der Waals surface area contributed by atoms with Gasteiger partial charge in [0, 0.05) is 12.6 Å². The Morgan fingerprint density at radius 1 is 1.12 bits per heavy atom. The first-order valence-corrected chi connectivity index (χ1v) is 6.20. The van der Waals surface area contributed by atoms with Gasteiger partial charge in [0.1, 0.15) is 0 Å². The lowest BCUT2D eigenvalue weighted by Gasteiger charge is -2.50. The Labute approximate surface area is 96.3 Å². The number of amides is 1. The van der Waals surface area contributed by atoms with Crippen molar-refractivity contribution in [1.29, 1.82) is 0 Å². The first kappa shape index (κ1) is 9.88. The predicted octanol–water partition coefficient (Wildman–Crippen LogP) is 2.59. The monoisotopic (exact) mass is 215 g/mol. The van der Waals surface area contributed by atoms with E-state index < -0.39 is 0 Å². The summed E-state index contributed by atoms with van der Waals surface area (Å²) in [6, 6.07) is 10.8. The van der Waals surface area contributed by atoms with Crippen molar-refractivity contribution < 1.29 is 4.79 Å². The van der Waals surface area contributed by atoms with Gasteiger partial charge in [0.15, 0.2) is 0 Å². The number of hydrogen-bond donors (Lipinski definition) is 0. The molecule has 2 fully saturated rings. The van der Waals surface area contributed by atoms with Gasteiger partial charge < -0.3 is 4.90 Å². The zero-order valence-corrected chi connectivity index (χ0v) is 9.43. The minimum absolute atomic E-state index is 0.359. The Balaban J connectivity index is 1.70. The van der Waals surface area contributed by atoms with Crippen LogP contribution in [0.5, 0.6) is 0 Å². The summed E-state index contributed by atoms with van der Waals surface area (Å²) in [6.45, 7) is 0.806. The molecule has 3 rings (SSSR count). The SMILES string of the molecule is O=C1[C@H]2CCCC[C@@H]2N1Cc1ccccc1. The summed E-state index contributed by atoms with van der Waals surface area (Å²) in [5.41, 5.74) is 1.25. The van der Waals surface area contributed by atoms with Crippen LogP contribution < -0.4 is 0 Å². The average molecular weight is 215 g/mol. The van der Waals surface area contributed by atoms with Gasteiger partial charge in [0.2, 0.25) is 5.91 Å². The van der Waals surface area contributed by atoms with Gasteiger partial charge in [-0.05, 0) is 18.4 Å². The third kappa shape index (κ3) is 1.53. The maximum Gasteiger partial charge on any atom is 0.228 e. The van der Waals surface area contributed by atoms with Crippen LogP contribution >= 0.6 is 0 Å². The average Bonchev–Trinajstić information content (AvgIpc) is 2.37. The van der Waals surface area contributed by atoms with Gasteiger partial charge in [0.05, 0.1) is 5.92 Å². The van der Waals surface area contributed by atoms with Crippen molar-refractivity contribution in [3.63, 3.8) is 0 Å². The molecule has 1 aromatic rings. The lowest BCUT2D eigenvalue weighted by atomic mass is 9.76. The van der Waals surface area contributed by atoms with Crippen molar-refractivity contribution in [3.8, 4) is 0 Å². The van der Waals surface area contributed by atoms with E-state index in [1.165, 1.54) is 24.8 Å². The van der Waals surface area contributed by atoms with E-state index in [0.29, 0.717) is 17.9 Å². The molecule has 16 heavy (non-hydrogen) atoms. The number of hydrogen-bond acceptors (Lipinski definition) is 1. The van der Waals surface area contributed by atoms with Crippen molar-refractivity contribution in [2.75, 3.05) is 0 Å². The van der Waals surface area contributed by atoms with E-state index in [-0.39, 0.29) is 0 Å². The number of benzene rings is 1. The van der Waals surface area contributed by atoms with Crippen LogP contribution in [-0.2, 0) is 11.3 Å². The molecule has 0 N–H and O–H groups in total. The second-order valence-electron chi connectivity index (χ2n) is 4.91. The molecule has 2 aliphatic rings. The molecular weight excluding hydrogens is 198 g/mol. The maximum atomic E-state index is 11.9. The van der Waals surface area contributed by atoms with Crippen LogP contribution in [-0.4, -0.2) is 16.8 Å². The lowest BCUT2D eigenvalue weighted by molar-refractivity contribution is -0.160. The predicted molar refractivity (Wildman–Crippen MR) is 62.7 cm³/mol. The summed E-state index contributed by atoms with van der Waals surface area (Å²) in [7, 11) is 0. The van der Waals surface area contributed by atoms with Gasteiger partial charge in [0.25, 0.3) is 0 Å². The molecule has 0 bridgehead atoms. The second-order valence-corrected chi connectivity index (χ2v) is 4.91. The molecule has 0 aromatic heterocycles. The van der Waals surface area contributed by atoms with Crippen LogP contribution in [0.4, 0.5) is 0 Å². The molecule has 84 valence electrons. The number of nitrogens with zero attached hydrogens (tertiary/aromatic N) is 1. The van der Waals surface area contributed by atoms with E-state index in [1.54, 1.807) is 0 Å². The topological polar surface area (TPSA) is 20.3 Å². The van der Waals surface area contributed by atoms with Crippen molar-refractivity contribution in [3.05, 3.63) is 35.9 Å². The number of carbonyl (C=O) groups excluding carboxylic acids is 1. The van der Waals surface area contributed by atoms with Gasteiger partial charge in [-0.1, -0.05) is 43.2 Å². The lowest BCUT2D eigenvalue weighted by Crippen LogP contribution is -2.61. The Morgan fingerprint density at radius 3 is 2.69 bits per heavy atom. The Kier molecular flexibility index (Phi) is 2.43. The maximum absolute atomic E-state index is 11.9. The van der Waals surface area contributed by atoms with Crippen molar-refractivity contribution in [2.24, 2.45) is 5.92 Å². The Bertz CT molecular complexity index is 387. The highest BCUT2D eigenvalue weighted by Gasteiger charge is 2.47. The minimum Gasteiger partial charge on any atom is -0.334 e. The molecule has 1 aliphatic heterocycles. The quantitative estimate of drug-likeness (QED) is 0.694. The third-order valence-electron chi connectivity index (χ3n) is 3.93. The van der Waals surface area contributed by atoms with Crippen molar-refractivity contribution in [2.45, 2.75) is 38.3 Å². The van der Waals surface area contributed by atoms with Crippen LogP contribution in [0.2, 0.25) is 0 Å². The molecule has 2 heteroatoms. The van der Waals surface area contributed by atoms with Gasteiger partial charge in [-0.2, -0.15) is 0 Å². The van der Waals surface area contributed by atoms with E-state index in [2.05, 4.69) is 17.0 Å². The fourth-order valence-corrected chi connectivity index (χ4v) is 3.04. The highest BCUT2D eigenvalue weighted by molar-refractivity contribution is 5.86. The summed E-state index contributed by atoms with van der Waals surface area (Å²) < 4.78 is 0. The number of rotatable bonds is 2. The Morgan fingerprint density at radius 2 is 1.88 bits per heavy atom. The zero-order chi connectivity index (χ0) is 11.0. The first-order chi connectivity index (χ1) is 7.86. The van der Waals surface area contributed by atoms with E-state index in [1.807, 2.05) is 18.2 Å². The zero-order valence-electron chi connectivity index (χ0n) is 9.43. The molecule has 1 amide bonds. The molecule has 1 saturated carbocycles. The second kappa shape index (κ2) is 3.93. The van der Waals surface area contributed by atoms with Crippen LogP contribution in [0, 0.1) is 5.92 Å². The van der Waals surface area contributed by atoms with E-state index >= 15 is 0 Å². The van der Waals surface area contributed by atoms with E-state index in [0.717, 1.165) is 13.0 Å². The summed E-state index contributed by atoms with van der Waals surface area (Å²) in [5, 5.41) is 0. The van der Waals surface area contributed by atoms with Gasteiger partial charge >= 0.3 is 0 Å². The first-order valence-electron chi connectivity index (χ1n) is 6.20. The molecule has 1 heterocycles. The summed E-state index contributed by atoms with van der Waals surface area (Å²) in [4.78, 5) is 14.0. The van der Waals surface area contributed by atoms with Crippen molar-refractivity contribution >= 4 is 5.91 Å². The minimum atomic E-state index is 0.359. The van der Waals surface area contributed by atoms with Crippen LogP contribution in [0.25, 0.3) is 0 Å². The molecule has 1 saturated heterocycles. The third-order valence-corrected chi connectivity index (χ3v) is 3.93. The molecule has 2 nitrogen and oxygen atoms in total. The largest absolute Gasteiger partial charge is 0.334 e. The molecule has 0 unspecified atom stereocenters. The normalized spacial score (nSPS) is 28.5. The van der Waals surface area contributed by atoms with Gasteiger partial charge in [-0.25, -0.2) is 0 Å². The molecule has 0 spiro atoms. The van der Waals surface area contributed by atoms with E-state index in [9.17, 15) is 4.79 Å². The van der Waals surface area contributed by atoms with Gasteiger partial charge in [-0.15, -0.1) is 0 Å². The fourth-order valence-electron chi connectivity index (χ4n) is 3.04. The van der Waals surface area contributed by atoms with Crippen LogP contribution in [0.1, 0.15) is 31.2 Å². The summed E-state index contributed by atoms with van der Waals surface area (Å²) in [6.07, 6.45) is 4.86. The smallest absolute Gasteiger partial charge is 0.228 e. The molecular formula is C14H17NO. The summed E-state index contributed by atoms with van der Waals surface area (Å²) >= 11 is 0. The number of β-lactam (4-membered cyclic amide) rings is 1.